The Kier molecular flexibility index (Phi) is 21.9. The van der Waals surface area contributed by atoms with Gasteiger partial charge < -0.3 is 30.0 Å². The van der Waals surface area contributed by atoms with Gasteiger partial charge in [0.25, 0.3) is 0 Å². The molecule has 8 heterocycles. The summed E-state index contributed by atoms with van der Waals surface area (Å²) >= 11 is 23.5. The van der Waals surface area contributed by atoms with Gasteiger partial charge >= 0.3 is 0 Å². The average molecular weight is 1450 g/mol. The minimum atomic E-state index is -3.69. The predicted octanol–water partition coefficient (Wildman–Crippen LogP) is 16.6. The quantitative estimate of drug-likeness (QED) is 0.0977. The van der Waals surface area contributed by atoms with Crippen molar-refractivity contribution in [2.45, 2.75) is 91.2 Å². The molecule has 29 heteroatoms. The number of benzene rings is 4. The molecule has 20 nitrogen and oxygen atoms in total. The normalized spacial score (nSPS) is 11.9. The molecule has 0 aliphatic rings. The van der Waals surface area contributed by atoms with Gasteiger partial charge in [0.1, 0.15) is 56.1 Å². The lowest BCUT2D eigenvalue weighted by molar-refractivity contribution is 0.402. The van der Waals surface area contributed by atoms with Gasteiger partial charge in [0.2, 0.25) is 0 Å². The maximum Gasteiger partial charge on any atom is 0.186 e. The molecule has 0 spiro atoms. The van der Waals surface area contributed by atoms with Gasteiger partial charge in [0.15, 0.2) is 31.0 Å². The van der Waals surface area contributed by atoms with Crippen LogP contribution in [-0.4, -0.2) is 110 Å². The number of hydrogen-bond acceptors (Lipinski definition) is 19. The van der Waals surface area contributed by atoms with E-state index in [1.165, 1.54) is 32.4 Å². The summed E-state index contributed by atoms with van der Waals surface area (Å²) in [5.74, 6) is 1.97. The maximum atomic E-state index is 13.6. The van der Waals surface area contributed by atoms with E-state index in [-0.39, 0.29) is 26.0 Å². The maximum absolute atomic E-state index is 13.6. The Labute approximate surface area is 563 Å². The molecule has 4 aromatic carbocycles. The number of sulfone groups is 2. The zero-order valence-electron chi connectivity index (χ0n) is 52.5. The van der Waals surface area contributed by atoms with E-state index in [1.807, 2.05) is 24.3 Å². The number of aromatic nitrogens is 10. The van der Waals surface area contributed by atoms with E-state index < -0.39 is 40.8 Å². The van der Waals surface area contributed by atoms with Gasteiger partial charge in [-0.25, -0.2) is 35.6 Å². The fraction of sp³-hybridized carbons (Fsp3) is 0.250. The average Bonchev–Trinajstić information content (AvgIpc) is 1.34. The van der Waals surface area contributed by atoms with Crippen LogP contribution in [0.15, 0.2) is 141 Å². The summed E-state index contributed by atoms with van der Waals surface area (Å²) < 4.78 is 97.9. The predicted molar refractivity (Wildman–Crippen MR) is 371 cm³/mol. The van der Waals surface area contributed by atoms with Gasteiger partial charge in [-0.15, -0.1) is 11.8 Å². The molecule has 0 aliphatic carbocycles. The Balaban J connectivity index is 0.000000156. The van der Waals surface area contributed by atoms with Crippen LogP contribution < -0.4 is 30.0 Å². The molecule has 5 N–H and O–H groups in total. The summed E-state index contributed by atoms with van der Waals surface area (Å²) in [5, 5.41) is 22.1. The molecule has 12 rings (SSSR count). The number of halogens is 6. The van der Waals surface area contributed by atoms with E-state index in [0.29, 0.717) is 71.2 Å². The molecular weight excluding hydrogens is 1390 g/mol. The molecule has 0 amide bonds. The summed E-state index contributed by atoms with van der Waals surface area (Å²) in [6.07, 6.45) is 8.73. The lowest BCUT2D eigenvalue weighted by atomic mass is 10.1. The number of nitrogen functional groups attached to an aromatic ring is 1. The third kappa shape index (κ3) is 16.2. The number of aromatic amines is 2. The third-order valence-electron chi connectivity index (χ3n) is 13.6. The molecule has 0 bridgehead atoms. The topological polar surface area (TPSA) is 278 Å². The van der Waals surface area contributed by atoms with Crippen molar-refractivity contribution in [3.63, 3.8) is 0 Å². The first kappa shape index (κ1) is 70.9. The summed E-state index contributed by atoms with van der Waals surface area (Å²) in [6.45, 7) is 16.4. The minimum absolute atomic E-state index is 0.0724. The van der Waals surface area contributed by atoms with E-state index in [1.54, 1.807) is 129 Å². The van der Waals surface area contributed by atoms with Crippen molar-refractivity contribution in [1.82, 2.24) is 50.3 Å². The number of thioether (sulfide) groups is 1. The van der Waals surface area contributed by atoms with Gasteiger partial charge in [0, 0.05) is 75.3 Å². The second-order valence-corrected chi connectivity index (χ2v) is 32.4. The van der Waals surface area contributed by atoms with Crippen LogP contribution in [0.5, 0.6) is 23.0 Å². The van der Waals surface area contributed by atoms with Crippen LogP contribution in [0.25, 0.3) is 65.7 Å². The number of H-pyrrole nitrogens is 2. The lowest BCUT2D eigenvalue weighted by Gasteiger charge is -2.21. The highest BCUT2D eigenvalue weighted by atomic mass is 79.9. The van der Waals surface area contributed by atoms with Crippen molar-refractivity contribution in [2.24, 2.45) is 0 Å². The first-order valence-corrected chi connectivity index (χ1v) is 33.6. The molecule has 0 atom stereocenters. The van der Waals surface area contributed by atoms with Crippen LogP contribution in [-0.2, 0) is 19.7 Å². The molecule has 0 radical (unpaired) electrons. The smallest absolute Gasteiger partial charge is 0.186 e. The Morgan fingerprint density at radius 1 is 0.505 bits per heavy atom. The van der Waals surface area contributed by atoms with Gasteiger partial charge in [-0.1, -0.05) is 55.6 Å². The summed E-state index contributed by atoms with van der Waals surface area (Å²) in [6, 6.07) is 23.5. The first-order chi connectivity index (χ1) is 43.7. The molecule has 0 unspecified atom stereocenters. The second kappa shape index (κ2) is 28.7. The highest BCUT2D eigenvalue weighted by Gasteiger charge is 2.35. The van der Waals surface area contributed by atoms with Crippen molar-refractivity contribution >= 4 is 165 Å². The Morgan fingerprint density at radius 3 is 1.38 bits per heavy atom. The highest BCUT2D eigenvalue weighted by molar-refractivity contribution is 9.10. The third-order valence-corrected chi connectivity index (χ3v) is 21.4. The Bertz CT molecular complexity index is 5000. The second-order valence-electron chi connectivity index (χ2n) is 23.2. The van der Waals surface area contributed by atoms with Gasteiger partial charge in [0.05, 0.1) is 113 Å². The zero-order chi connectivity index (χ0) is 68.1. The largest absolute Gasteiger partial charge is 0.496 e. The fourth-order valence-corrected chi connectivity index (χ4v) is 13.6. The molecule has 93 heavy (non-hydrogen) atoms. The number of nitrogens with one attached hydrogen (secondary N) is 3. The molecule has 0 fully saturated rings. The molecule has 0 aliphatic heterocycles. The molecular formula is C64H64BrCl3F2N12O8S3. The van der Waals surface area contributed by atoms with Gasteiger partial charge in [-0.2, -0.15) is 10.2 Å². The lowest BCUT2D eigenvalue weighted by Crippen LogP contribution is -2.28. The van der Waals surface area contributed by atoms with Gasteiger partial charge in [-0.05, 0) is 118 Å². The van der Waals surface area contributed by atoms with Crippen molar-refractivity contribution in [3.05, 3.63) is 153 Å². The summed E-state index contributed by atoms with van der Waals surface area (Å²) in [7, 11) is -1.07. The summed E-state index contributed by atoms with van der Waals surface area (Å²) in [5.41, 5.74) is 9.61. The SMILES string of the molecule is COc1cc2nccc(Cl)c2cc1Br.COc1cc2nccc(Cl)c2cc1S(=O)(=O)C(C)(C)C.COc1cc2nccc(Cl)c2cc1SC(C)(C)C.COc1cc2nccc(Nc3[nH]nc4ncc(F)cc34)c2cc1S(=O)(=O)C(C)(C)C.Nc1[nH]nc2ncc(F)cc12. The van der Waals surface area contributed by atoms with Crippen LogP contribution in [0.2, 0.25) is 15.1 Å². The number of anilines is 3. The van der Waals surface area contributed by atoms with E-state index in [4.69, 9.17) is 59.5 Å². The zero-order valence-corrected chi connectivity index (χ0v) is 58.8. The molecule has 8 aromatic heterocycles. The van der Waals surface area contributed by atoms with Crippen molar-refractivity contribution in [2.75, 3.05) is 39.5 Å². The van der Waals surface area contributed by atoms with Gasteiger partial charge in [-0.3, -0.25) is 30.1 Å². The van der Waals surface area contributed by atoms with E-state index in [9.17, 15) is 25.6 Å². The molecule has 0 saturated carbocycles. The van der Waals surface area contributed by atoms with E-state index in [2.05, 4.69) is 98.4 Å². The van der Waals surface area contributed by atoms with Crippen molar-refractivity contribution < 1.29 is 44.6 Å². The van der Waals surface area contributed by atoms with Crippen molar-refractivity contribution in [3.8, 4) is 23.0 Å². The molecule has 12 aromatic rings. The van der Waals surface area contributed by atoms with Crippen LogP contribution >= 0.6 is 62.5 Å². The number of nitrogens with two attached hydrogens (primary N) is 1. The number of rotatable bonds is 9. The number of nitrogens with zero attached hydrogens (tertiary/aromatic N) is 8. The number of pyridine rings is 6. The Hall–Kier alpha value is -7.98. The standard InChI is InChI=1S/C20H20FN5O3S.C14H16ClNO3S.C14H16ClNOS.C10H7BrClNO.C6H5FN4/c1-20(2,3)30(27,28)17-8-12-14(5-6-22-15(12)9-16(17)29-4)24-19-13-7-11(21)10-23-18(13)25-26-19;1-14(2,3)20(17,18)13-7-9-10(15)5-6-16-11(9)8-12(13)19-4;1-14(2,3)18-13-7-9-10(15)5-6-16-11(9)8-12(13)17-4;1-14-10-5-9-6(4-7(10)11)8(12)2-3-13-9;7-3-1-4-5(8)10-11-6(4)9-2-3/h5-10H,1-4H3,(H2,22,23,24,25,26);5-8H,1-4H3;5-8H,1-4H3;2-5H,1H3;1-2H,(H3,8,9,10,11). The number of hydrogen-bond donors (Lipinski definition) is 4. The van der Waals surface area contributed by atoms with Crippen LogP contribution in [0.4, 0.5) is 26.1 Å². The van der Waals surface area contributed by atoms with Crippen LogP contribution in [0.1, 0.15) is 62.3 Å². The molecule has 0 saturated heterocycles. The van der Waals surface area contributed by atoms with E-state index >= 15 is 0 Å². The number of methoxy groups -OCH3 is 4. The summed E-state index contributed by atoms with van der Waals surface area (Å²) in [4.78, 5) is 26.0. The highest BCUT2D eigenvalue weighted by Crippen LogP contribution is 2.43. The van der Waals surface area contributed by atoms with E-state index in [0.717, 1.165) is 60.1 Å². The Morgan fingerprint density at radius 2 is 0.903 bits per heavy atom. The first-order valence-electron chi connectivity index (χ1n) is 27.9. The minimum Gasteiger partial charge on any atom is -0.496 e. The van der Waals surface area contributed by atoms with Crippen LogP contribution in [0, 0.1) is 11.6 Å². The fourth-order valence-electron chi connectivity index (χ4n) is 8.74. The monoisotopic (exact) mass is 1450 g/mol. The van der Waals surface area contributed by atoms with Crippen molar-refractivity contribution in [1.29, 1.82) is 0 Å². The van der Waals surface area contributed by atoms with Crippen LogP contribution in [0.3, 0.4) is 0 Å². The number of ether oxygens (including phenoxy) is 4. The number of fused-ring (bicyclic) bond motifs is 6. The molecule has 488 valence electrons.